The number of hydrogen-bond donors (Lipinski definition) is 2. The van der Waals surface area contributed by atoms with Crippen molar-refractivity contribution in [1.82, 2.24) is 0 Å². The van der Waals surface area contributed by atoms with E-state index in [4.69, 9.17) is 10.0 Å². The fourth-order valence-electron chi connectivity index (χ4n) is 0.860. The molecule has 0 aromatic carbocycles. The first kappa shape index (κ1) is 9.57. The lowest BCUT2D eigenvalue weighted by molar-refractivity contribution is 0.427. The molecule has 0 amide bonds. The molecule has 0 bridgehead atoms. The standard InChI is InChI=1S/C7H12BNO2S/c1-3-9(2)6-4-7(8(10)11)12-5-6/h4-5,10-11H,3H2,1-2H3. The Morgan fingerprint density at radius 2 is 2.25 bits per heavy atom. The molecule has 0 radical (unpaired) electrons. The molecule has 0 aliphatic carbocycles. The topological polar surface area (TPSA) is 43.7 Å². The number of thiophene rings is 1. The van der Waals surface area contributed by atoms with E-state index in [1.807, 2.05) is 24.3 Å². The molecule has 2 N–H and O–H groups in total. The van der Waals surface area contributed by atoms with Crippen molar-refractivity contribution >= 4 is 28.9 Å². The van der Waals surface area contributed by atoms with Crippen LogP contribution >= 0.6 is 11.3 Å². The average Bonchev–Trinajstić information content (AvgIpc) is 2.51. The van der Waals surface area contributed by atoms with Gasteiger partial charge < -0.3 is 14.9 Å². The van der Waals surface area contributed by atoms with Crippen molar-refractivity contribution in [2.75, 3.05) is 18.5 Å². The van der Waals surface area contributed by atoms with Gasteiger partial charge >= 0.3 is 7.12 Å². The second-order valence-electron chi connectivity index (χ2n) is 2.60. The third kappa shape index (κ3) is 2.00. The van der Waals surface area contributed by atoms with Gasteiger partial charge in [0.25, 0.3) is 0 Å². The summed E-state index contributed by atoms with van der Waals surface area (Å²) in [5.41, 5.74) is 1.03. The number of rotatable bonds is 3. The van der Waals surface area contributed by atoms with Crippen LogP contribution in [0.1, 0.15) is 6.92 Å². The molecule has 0 unspecified atom stereocenters. The zero-order chi connectivity index (χ0) is 9.14. The highest BCUT2D eigenvalue weighted by molar-refractivity contribution is 7.20. The summed E-state index contributed by atoms with van der Waals surface area (Å²) in [6, 6.07) is 1.79. The van der Waals surface area contributed by atoms with E-state index in [0.717, 1.165) is 12.2 Å². The Hall–Kier alpha value is -0.515. The molecule has 1 aromatic heterocycles. The molecule has 0 spiro atoms. The quantitative estimate of drug-likeness (QED) is 0.645. The summed E-state index contributed by atoms with van der Waals surface area (Å²) in [4.78, 5) is 2.04. The third-order valence-electron chi connectivity index (χ3n) is 1.78. The molecule has 1 rings (SSSR count). The van der Waals surface area contributed by atoms with Crippen molar-refractivity contribution in [2.24, 2.45) is 0 Å². The van der Waals surface area contributed by atoms with Crippen LogP contribution in [0.5, 0.6) is 0 Å². The predicted octanol–water partition coefficient (Wildman–Crippen LogP) is -0.116. The Kier molecular flexibility index (Phi) is 3.14. The molecule has 0 atom stereocenters. The van der Waals surface area contributed by atoms with Gasteiger partial charge in [-0.2, -0.15) is 11.3 Å². The van der Waals surface area contributed by atoms with Crippen LogP contribution in [-0.4, -0.2) is 30.8 Å². The van der Waals surface area contributed by atoms with Crippen LogP contribution in [0.4, 0.5) is 5.69 Å². The van der Waals surface area contributed by atoms with E-state index in [1.54, 1.807) is 6.07 Å². The molecule has 66 valence electrons. The van der Waals surface area contributed by atoms with E-state index >= 15 is 0 Å². The Balaban J connectivity index is 2.77. The molecular weight excluding hydrogens is 173 g/mol. The lowest BCUT2D eigenvalue weighted by atomic mass is 9.89. The normalized spacial score (nSPS) is 10.0. The van der Waals surface area contributed by atoms with Gasteiger partial charge in [0.2, 0.25) is 0 Å². The first-order valence-electron chi connectivity index (χ1n) is 3.81. The molecule has 12 heavy (non-hydrogen) atoms. The van der Waals surface area contributed by atoms with Crippen LogP contribution < -0.4 is 9.68 Å². The van der Waals surface area contributed by atoms with E-state index < -0.39 is 7.12 Å². The maximum atomic E-state index is 8.84. The van der Waals surface area contributed by atoms with Crippen molar-refractivity contribution in [3.05, 3.63) is 11.4 Å². The highest BCUT2D eigenvalue weighted by Gasteiger charge is 2.14. The van der Waals surface area contributed by atoms with Gasteiger partial charge in [0.15, 0.2) is 0 Å². The molecule has 0 aliphatic heterocycles. The summed E-state index contributed by atoms with van der Waals surface area (Å²) < 4.78 is 0.588. The van der Waals surface area contributed by atoms with Gasteiger partial charge in [-0.15, -0.1) is 0 Å². The van der Waals surface area contributed by atoms with Crippen molar-refractivity contribution in [1.29, 1.82) is 0 Å². The van der Waals surface area contributed by atoms with Gasteiger partial charge in [0.1, 0.15) is 0 Å². The van der Waals surface area contributed by atoms with E-state index in [0.29, 0.717) is 4.78 Å². The van der Waals surface area contributed by atoms with Crippen LogP contribution in [0.15, 0.2) is 11.4 Å². The SMILES string of the molecule is CCN(C)c1csc(B(O)O)c1. The lowest BCUT2D eigenvalue weighted by Crippen LogP contribution is -2.26. The Labute approximate surface area is 76.4 Å². The van der Waals surface area contributed by atoms with E-state index in [9.17, 15) is 0 Å². The first-order chi connectivity index (χ1) is 5.65. The number of anilines is 1. The van der Waals surface area contributed by atoms with Crippen LogP contribution in [0.2, 0.25) is 0 Å². The summed E-state index contributed by atoms with van der Waals surface area (Å²) in [6.45, 7) is 2.96. The van der Waals surface area contributed by atoms with E-state index in [1.165, 1.54) is 11.3 Å². The fraction of sp³-hybridized carbons (Fsp3) is 0.429. The fourth-order valence-corrected chi connectivity index (χ4v) is 1.68. The molecule has 0 saturated heterocycles. The van der Waals surface area contributed by atoms with Gasteiger partial charge in [-0.05, 0) is 13.0 Å². The minimum atomic E-state index is -1.34. The van der Waals surface area contributed by atoms with Gasteiger partial charge in [-0.3, -0.25) is 0 Å². The maximum absolute atomic E-state index is 8.84. The summed E-state index contributed by atoms with van der Waals surface area (Å²) in [6.07, 6.45) is 0. The average molecular weight is 185 g/mol. The van der Waals surface area contributed by atoms with Crippen molar-refractivity contribution in [3.63, 3.8) is 0 Å². The number of hydrogen-bond acceptors (Lipinski definition) is 4. The van der Waals surface area contributed by atoms with Crippen molar-refractivity contribution in [3.8, 4) is 0 Å². The second-order valence-corrected chi connectivity index (χ2v) is 3.54. The molecular formula is C7H12BNO2S. The molecule has 1 heterocycles. The van der Waals surface area contributed by atoms with Gasteiger partial charge in [0.05, 0.1) is 0 Å². The first-order valence-corrected chi connectivity index (χ1v) is 4.68. The van der Waals surface area contributed by atoms with Crippen LogP contribution in [0, 0.1) is 0 Å². The van der Waals surface area contributed by atoms with Crippen LogP contribution in [0.25, 0.3) is 0 Å². The largest absolute Gasteiger partial charge is 0.499 e. The summed E-state index contributed by atoms with van der Waals surface area (Å²) in [5, 5.41) is 19.6. The number of nitrogens with zero attached hydrogens (tertiary/aromatic N) is 1. The monoisotopic (exact) mass is 185 g/mol. The zero-order valence-electron chi connectivity index (χ0n) is 7.19. The maximum Gasteiger partial charge on any atom is 0.499 e. The lowest BCUT2D eigenvalue weighted by Gasteiger charge is -2.13. The molecule has 0 fully saturated rings. The van der Waals surface area contributed by atoms with Crippen molar-refractivity contribution in [2.45, 2.75) is 6.92 Å². The van der Waals surface area contributed by atoms with Gasteiger partial charge in [-0.25, -0.2) is 0 Å². The molecule has 0 aliphatic rings. The smallest absolute Gasteiger partial charge is 0.423 e. The second kappa shape index (κ2) is 3.93. The van der Waals surface area contributed by atoms with Crippen molar-refractivity contribution < 1.29 is 10.0 Å². The van der Waals surface area contributed by atoms with Gasteiger partial charge in [0, 0.05) is 29.4 Å². The molecule has 5 heteroatoms. The van der Waals surface area contributed by atoms with E-state index in [2.05, 4.69) is 0 Å². The zero-order valence-corrected chi connectivity index (χ0v) is 8.01. The molecule has 3 nitrogen and oxygen atoms in total. The minimum Gasteiger partial charge on any atom is -0.423 e. The highest BCUT2D eigenvalue weighted by atomic mass is 32.1. The van der Waals surface area contributed by atoms with Gasteiger partial charge in [-0.1, -0.05) is 0 Å². The molecule has 1 aromatic rings. The van der Waals surface area contributed by atoms with Crippen LogP contribution in [0.3, 0.4) is 0 Å². The molecule has 0 saturated carbocycles. The highest BCUT2D eigenvalue weighted by Crippen LogP contribution is 2.14. The minimum absolute atomic E-state index is 0.588. The third-order valence-corrected chi connectivity index (χ3v) is 2.74. The Morgan fingerprint density at radius 1 is 1.58 bits per heavy atom. The van der Waals surface area contributed by atoms with E-state index in [-0.39, 0.29) is 0 Å². The Morgan fingerprint density at radius 3 is 2.67 bits per heavy atom. The van der Waals surface area contributed by atoms with Crippen LogP contribution in [-0.2, 0) is 0 Å². The Bertz CT molecular complexity index is 251. The predicted molar refractivity (Wildman–Crippen MR) is 53.1 cm³/mol. The summed E-state index contributed by atoms with van der Waals surface area (Å²) in [5.74, 6) is 0. The summed E-state index contributed by atoms with van der Waals surface area (Å²) >= 11 is 1.36. The summed E-state index contributed by atoms with van der Waals surface area (Å²) in [7, 11) is 0.629.